The Morgan fingerprint density at radius 1 is 1.17 bits per heavy atom. The van der Waals surface area contributed by atoms with E-state index in [1.807, 2.05) is 6.07 Å². The van der Waals surface area contributed by atoms with Gasteiger partial charge in [-0.15, -0.1) is 12.4 Å². The molecule has 2 rings (SSSR count). The fourth-order valence-electron chi connectivity index (χ4n) is 1.08. The number of aromatic nitrogens is 1. The molecule has 0 aliphatic rings. The molecule has 2 aromatic rings. The second-order valence-corrected chi connectivity index (χ2v) is 2.34. The maximum Gasteiger partial charge on any atom is 0.131 e. The number of hydrogen-bond acceptors (Lipinski definition) is 1. The van der Waals surface area contributed by atoms with Crippen LogP contribution in [0.2, 0.25) is 0 Å². The number of pyridine rings is 1. The van der Waals surface area contributed by atoms with Gasteiger partial charge in [-0.3, -0.25) is 4.98 Å². The molecule has 0 amide bonds. The summed E-state index contributed by atoms with van der Waals surface area (Å²) in [6.45, 7) is 0. The van der Waals surface area contributed by atoms with Crippen LogP contribution in [0, 0.1) is 5.82 Å². The highest BCUT2D eigenvalue weighted by atomic mass is 35.5. The van der Waals surface area contributed by atoms with Crippen molar-refractivity contribution in [2.24, 2.45) is 0 Å². The van der Waals surface area contributed by atoms with Crippen molar-refractivity contribution in [2.45, 2.75) is 0 Å². The van der Waals surface area contributed by atoms with Crippen molar-refractivity contribution in [3.8, 4) is 0 Å². The molecule has 0 aliphatic heterocycles. The average molecular weight is 184 g/mol. The molecule has 0 saturated carbocycles. The molecule has 0 atom stereocenters. The van der Waals surface area contributed by atoms with E-state index in [1.54, 1.807) is 24.5 Å². The molecule has 0 spiro atoms. The third-order valence-corrected chi connectivity index (χ3v) is 1.63. The highest BCUT2D eigenvalue weighted by Crippen LogP contribution is 2.14. The molecule has 0 aliphatic carbocycles. The predicted octanol–water partition coefficient (Wildman–Crippen LogP) is 2.80. The maximum absolute atomic E-state index is 13.0. The zero-order chi connectivity index (χ0) is 7.68. The van der Waals surface area contributed by atoms with Gasteiger partial charge in [-0.05, 0) is 12.1 Å². The van der Waals surface area contributed by atoms with Crippen molar-refractivity contribution in [3.05, 3.63) is 42.5 Å². The lowest BCUT2D eigenvalue weighted by atomic mass is 10.2. The van der Waals surface area contributed by atoms with Crippen LogP contribution < -0.4 is 0 Å². The van der Waals surface area contributed by atoms with E-state index in [0.29, 0.717) is 5.39 Å². The molecule has 62 valence electrons. The molecule has 1 nitrogen and oxygen atoms in total. The molecule has 12 heavy (non-hydrogen) atoms. The van der Waals surface area contributed by atoms with Gasteiger partial charge in [0.15, 0.2) is 0 Å². The van der Waals surface area contributed by atoms with Crippen LogP contribution in [0.25, 0.3) is 10.8 Å². The average Bonchev–Trinajstić information content (AvgIpc) is 2.06. The smallest absolute Gasteiger partial charge is 0.131 e. The zero-order valence-corrected chi connectivity index (χ0v) is 7.01. The summed E-state index contributed by atoms with van der Waals surface area (Å²) in [6, 6.07) is 6.64. The van der Waals surface area contributed by atoms with Crippen LogP contribution in [0.3, 0.4) is 0 Å². The summed E-state index contributed by atoms with van der Waals surface area (Å²) in [5.41, 5.74) is 0. The Morgan fingerprint density at radius 2 is 2.00 bits per heavy atom. The minimum Gasteiger partial charge on any atom is -0.264 e. The fourth-order valence-corrected chi connectivity index (χ4v) is 1.08. The highest BCUT2D eigenvalue weighted by Gasteiger charge is 1.96. The number of fused-ring (bicyclic) bond motifs is 1. The topological polar surface area (TPSA) is 12.9 Å². The number of nitrogens with zero attached hydrogens (tertiary/aromatic N) is 1. The van der Waals surface area contributed by atoms with Gasteiger partial charge in [0.25, 0.3) is 0 Å². The van der Waals surface area contributed by atoms with Gasteiger partial charge in [0.05, 0.1) is 0 Å². The largest absolute Gasteiger partial charge is 0.264 e. The standard InChI is InChI=1S/C9H6FN.ClH/c10-9-3-1-2-7-6-11-5-4-8(7)9;/h1-6H;1H. The third kappa shape index (κ3) is 1.38. The molecule has 0 N–H and O–H groups in total. The van der Waals surface area contributed by atoms with Gasteiger partial charge >= 0.3 is 0 Å². The summed E-state index contributed by atoms with van der Waals surface area (Å²) < 4.78 is 13.0. The summed E-state index contributed by atoms with van der Waals surface area (Å²) in [5.74, 6) is -0.190. The normalized spacial score (nSPS) is 9.42. The van der Waals surface area contributed by atoms with Crippen molar-refractivity contribution in [3.63, 3.8) is 0 Å². The molecule has 1 aromatic heterocycles. The Balaban J connectivity index is 0.000000720. The summed E-state index contributed by atoms with van der Waals surface area (Å²) >= 11 is 0. The number of benzene rings is 1. The lowest BCUT2D eigenvalue weighted by Gasteiger charge is -1.95. The monoisotopic (exact) mass is 183 g/mol. The molecule has 0 radical (unpaired) electrons. The Morgan fingerprint density at radius 3 is 2.75 bits per heavy atom. The number of hydrogen-bond donors (Lipinski definition) is 0. The summed E-state index contributed by atoms with van der Waals surface area (Å²) in [7, 11) is 0. The van der Waals surface area contributed by atoms with Gasteiger partial charge in [0.1, 0.15) is 5.82 Å². The van der Waals surface area contributed by atoms with E-state index in [2.05, 4.69) is 4.98 Å². The van der Waals surface area contributed by atoms with Crippen LogP contribution in [0.15, 0.2) is 36.7 Å². The van der Waals surface area contributed by atoms with E-state index in [1.165, 1.54) is 6.07 Å². The minimum atomic E-state index is -0.190. The first-order chi connectivity index (χ1) is 5.38. The lowest BCUT2D eigenvalue weighted by Crippen LogP contribution is -1.78. The summed E-state index contributed by atoms with van der Waals surface area (Å²) in [5, 5.41) is 1.47. The number of rotatable bonds is 0. The van der Waals surface area contributed by atoms with Crippen LogP contribution in [-0.4, -0.2) is 4.98 Å². The van der Waals surface area contributed by atoms with Crippen molar-refractivity contribution >= 4 is 23.2 Å². The van der Waals surface area contributed by atoms with Gasteiger partial charge in [0.2, 0.25) is 0 Å². The first kappa shape index (κ1) is 8.94. The maximum atomic E-state index is 13.0. The number of halogens is 2. The molecule has 0 saturated heterocycles. The molecule has 3 heteroatoms. The van der Waals surface area contributed by atoms with Crippen LogP contribution >= 0.6 is 12.4 Å². The third-order valence-electron chi connectivity index (χ3n) is 1.63. The molecule has 1 heterocycles. The van der Waals surface area contributed by atoms with Crippen LogP contribution in [0.4, 0.5) is 4.39 Å². The molecular formula is C9H7ClFN. The Kier molecular flexibility index (Phi) is 2.61. The van der Waals surface area contributed by atoms with Gasteiger partial charge in [-0.2, -0.15) is 0 Å². The lowest BCUT2D eigenvalue weighted by molar-refractivity contribution is 0.640. The molecule has 1 aromatic carbocycles. The van der Waals surface area contributed by atoms with E-state index in [4.69, 9.17) is 0 Å². The quantitative estimate of drug-likeness (QED) is 0.612. The SMILES string of the molecule is Cl.Fc1cccc2cnccc12. The van der Waals surface area contributed by atoms with Crippen molar-refractivity contribution in [1.29, 1.82) is 0 Å². The van der Waals surface area contributed by atoms with Crippen LogP contribution in [-0.2, 0) is 0 Å². The first-order valence-corrected chi connectivity index (χ1v) is 3.36. The van der Waals surface area contributed by atoms with Gasteiger partial charge in [0, 0.05) is 23.2 Å². The Hall–Kier alpha value is -1.15. The van der Waals surface area contributed by atoms with E-state index in [0.717, 1.165) is 5.39 Å². The van der Waals surface area contributed by atoms with Crippen LogP contribution in [0.5, 0.6) is 0 Å². The van der Waals surface area contributed by atoms with Crippen LogP contribution in [0.1, 0.15) is 0 Å². The molecule has 0 unspecified atom stereocenters. The van der Waals surface area contributed by atoms with Crippen molar-refractivity contribution in [2.75, 3.05) is 0 Å². The first-order valence-electron chi connectivity index (χ1n) is 3.36. The zero-order valence-electron chi connectivity index (χ0n) is 6.20. The highest BCUT2D eigenvalue weighted by molar-refractivity contribution is 5.85. The van der Waals surface area contributed by atoms with Gasteiger partial charge < -0.3 is 0 Å². The molecular weight excluding hydrogens is 177 g/mol. The minimum absolute atomic E-state index is 0. The van der Waals surface area contributed by atoms with E-state index in [9.17, 15) is 4.39 Å². The van der Waals surface area contributed by atoms with Crippen molar-refractivity contribution in [1.82, 2.24) is 4.98 Å². The Labute approximate surface area is 75.7 Å². The van der Waals surface area contributed by atoms with E-state index < -0.39 is 0 Å². The second kappa shape index (κ2) is 3.50. The fraction of sp³-hybridized carbons (Fsp3) is 0. The molecule has 0 fully saturated rings. The second-order valence-electron chi connectivity index (χ2n) is 2.34. The molecule has 0 bridgehead atoms. The van der Waals surface area contributed by atoms with Gasteiger partial charge in [-0.1, -0.05) is 12.1 Å². The van der Waals surface area contributed by atoms with Gasteiger partial charge in [-0.25, -0.2) is 4.39 Å². The van der Waals surface area contributed by atoms with E-state index >= 15 is 0 Å². The predicted molar refractivity (Wildman–Crippen MR) is 48.9 cm³/mol. The Bertz CT molecular complexity index is 384. The summed E-state index contributed by atoms with van der Waals surface area (Å²) in [6.07, 6.45) is 3.24. The summed E-state index contributed by atoms with van der Waals surface area (Å²) in [4.78, 5) is 3.89. The van der Waals surface area contributed by atoms with E-state index in [-0.39, 0.29) is 18.2 Å². The van der Waals surface area contributed by atoms with Crippen molar-refractivity contribution < 1.29 is 4.39 Å².